The van der Waals surface area contributed by atoms with Crippen LogP contribution in [0.15, 0.2) is 6.07 Å². The number of aromatic carboxylic acids is 1. The summed E-state index contributed by atoms with van der Waals surface area (Å²) >= 11 is 0. The fourth-order valence-electron chi connectivity index (χ4n) is 1.22. The summed E-state index contributed by atoms with van der Waals surface area (Å²) in [5.74, 6) is -0.607. The zero-order chi connectivity index (χ0) is 8.72. The van der Waals surface area contributed by atoms with Gasteiger partial charge in [-0.2, -0.15) is 0 Å². The maximum Gasteiger partial charge on any atom is 0.352 e. The summed E-state index contributed by atoms with van der Waals surface area (Å²) in [6.45, 7) is 0. The van der Waals surface area contributed by atoms with E-state index in [4.69, 9.17) is 5.11 Å². The Bertz CT molecular complexity index is 341. The lowest BCUT2D eigenvalue weighted by Gasteiger charge is -1.90. The number of fused-ring (bicyclic) bond motifs is 1. The average Bonchev–Trinajstić information content (AvgIpc) is 2.42. The Morgan fingerprint density at radius 3 is 2.92 bits per heavy atom. The zero-order valence-corrected chi connectivity index (χ0v) is 6.05. The molecule has 0 aromatic carbocycles. The fourth-order valence-corrected chi connectivity index (χ4v) is 1.22. The summed E-state index contributed by atoms with van der Waals surface area (Å²) in [6, 6.07) is 1.47. The van der Waals surface area contributed by atoms with E-state index in [-0.39, 0.29) is 18.0 Å². The van der Waals surface area contributed by atoms with Crippen LogP contribution >= 0.6 is 0 Å². The molecule has 0 saturated carbocycles. The Morgan fingerprint density at radius 2 is 2.33 bits per heavy atom. The first kappa shape index (κ1) is 6.90. The van der Waals surface area contributed by atoms with E-state index in [2.05, 4.69) is 10.3 Å². The van der Waals surface area contributed by atoms with Crippen LogP contribution in [0.25, 0.3) is 0 Å². The number of aromatic amines is 1. The quantitative estimate of drug-likeness (QED) is 0.557. The SMILES string of the molecule is O=C1Cc2cc(C(=O)O)[nH]c2N1. The lowest BCUT2D eigenvalue weighted by Crippen LogP contribution is -2.06. The molecule has 0 bridgehead atoms. The van der Waals surface area contributed by atoms with Gasteiger partial charge in [0, 0.05) is 5.56 Å². The van der Waals surface area contributed by atoms with Gasteiger partial charge in [-0.25, -0.2) is 4.79 Å². The largest absolute Gasteiger partial charge is 0.477 e. The van der Waals surface area contributed by atoms with Crippen molar-refractivity contribution in [3.05, 3.63) is 17.3 Å². The van der Waals surface area contributed by atoms with Gasteiger partial charge >= 0.3 is 5.97 Å². The van der Waals surface area contributed by atoms with E-state index in [0.29, 0.717) is 5.82 Å². The molecular weight excluding hydrogens is 160 g/mol. The number of hydrogen-bond acceptors (Lipinski definition) is 2. The van der Waals surface area contributed by atoms with Gasteiger partial charge < -0.3 is 15.4 Å². The van der Waals surface area contributed by atoms with Crippen molar-refractivity contribution >= 4 is 17.7 Å². The summed E-state index contributed by atoms with van der Waals surface area (Å²) in [5, 5.41) is 11.1. The Hall–Kier alpha value is -1.78. The number of carboxylic acids is 1. The molecule has 2 heterocycles. The van der Waals surface area contributed by atoms with Crippen molar-refractivity contribution in [2.24, 2.45) is 0 Å². The number of anilines is 1. The van der Waals surface area contributed by atoms with E-state index in [1.807, 2.05) is 0 Å². The predicted octanol–water partition coefficient (Wildman–Crippen LogP) is 0.207. The third kappa shape index (κ3) is 0.868. The molecule has 2 rings (SSSR count). The van der Waals surface area contributed by atoms with Crippen LogP contribution in [-0.4, -0.2) is 22.0 Å². The van der Waals surface area contributed by atoms with Gasteiger partial charge in [-0.3, -0.25) is 4.79 Å². The molecule has 1 aromatic rings. The van der Waals surface area contributed by atoms with Crippen LogP contribution in [0, 0.1) is 0 Å². The number of carboxylic acid groups (broad SMARTS) is 1. The molecule has 1 aliphatic heterocycles. The highest BCUT2D eigenvalue weighted by atomic mass is 16.4. The number of H-pyrrole nitrogens is 1. The molecule has 12 heavy (non-hydrogen) atoms. The number of aromatic nitrogens is 1. The molecule has 5 nitrogen and oxygen atoms in total. The molecule has 62 valence electrons. The second-order valence-electron chi connectivity index (χ2n) is 2.61. The Labute approximate surface area is 67.4 Å². The first-order valence-electron chi connectivity index (χ1n) is 3.42. The summed E-state index contributed by atoms with van der Waals surface area (Å²) in [4.78, 5) is 23.8. The molecule has 0 spiro atoms. The van der Waals surface area contributed by atoms with Crippen molar-refractivity contribution in [2.45, 2.75) is 6.42 Å². The Morgan fingerprint density at radius 1 is 1.58 bits per heavy atom. The van der Waals surface area contributed by atoms with Gasteiger partial charge in [0.05, 0.1) is 6.42 Å². The van der Waals surface area contributed by atoms with E-state index >= 15 is 0 Å². The Kier molecular flexibility index (Phi) is 1.21. The van der Waals surface area contributed by atoms with Gasteiger partial charge in [0.25, 0.3) is 0 Å². The van der Waals surface area contributed by atoms with Crippen molar-refractivity contribution in [3.63, 3.8) is 0 Å². The smallest absolute Gasteiger partial charge is 0.352 e. The zero-order valence-electron chi connectivity index (χ0n) is 6.05. The number of carbonyl (C=O) groups is 2. The monoisotopic (exact) mass is 166 g/mol. The van der Waals surface area contributed by atoms with Crippen molar-refractivity contribution in [1.82, 2.24) is 4.98 Å². The second kappa shape index (κ2) is 2.10. The van der Waals surface area contributed by atoms with Gasteiger partial charge in [0.15, 0.2) is 0 Å². The van der Waals surface area contributed by atoms with E-state index < -0.39 is 5.97 Å². The highest BCUT2D eigenvalue weighted by Crippen LogP contribution is 2.22. The van der Waals surface area contributed by atoms with Crippen LogP contribution < -0.4 is 5.32 Å². The maximum absolute atomic E-state index is 10.8. The first-order chi connectivity index (χ1) is 5.66. The van der Waals surface area contributed by atoms with Crippen molar-refractivity contribution in [2.75, 3.05) is 5.32 Å². The van der Waals surface area contributed by atoms with Crippen LogP contribution in [-0.2, 0) is 11.2 Å². The number of hydrogen-bond donors (Lipinski definition) is 3. The normalized spacial score (nSPS) is 14.2. The van der Waals surface area contributed by atoms with E-state index in [1.54, 1.807) is 0 Å². The topological polar surface area (TPSA) is 82.2 Å². The van der Waals surface area contributed by atoms with Gasteiger partial charge in [0.1, 0.15) is 11.5 Å². The van der Waals surface area contributed by atoms with Gasteiger partial charge in [-0.1, -0.05) is 0 Å². The van der Waals surface area contributed by atoms with Gasteiger partial charge in [0.2, 0.25) is 5.91 Å². The molecule has 0 radical (unpaired) electrons. The van der Waals surface area contributed by atoms with Crippen LogP contribution in [0.2, 0.25) is 0 Å². The molecular formula is C7H6N2O3. The van der Waals surface area contributed by atoms with Crippen LogP contribution in [0.4, 0.5) is 5.82 Å². The molecule has 1 amide bonds. The van der Waals surface area contributed by atoms with Crippen molar-refractivity contribution < 1.29 is 14.7 Å². The van der Waals surface area contributed by atoms with Crippen LogP contribution in [0.5, 0.6) is 0 Å². The molecule has 1 aromatic heterocycles. The van der Waals surface area contributed by atoms with E-state index in [1.165, 1.54) is 6.07 Å². The summed E-state index contributed by atoms with van der Waals surface area (Å²) in [6.07, 6.45) is 0.263. The molecule has 0 atom stereocenters. The molecule has 0 saturated heterocycles. The Balaban J connectivity index is 2.40. The lowest BCUT2D eigenvalue weighted by atomic mass is 10.2. The van der Waals surface area contributed by atoms with Crippen molar-refractivity contribution in [3.8, 4) is 0 Å². The van der Waals surface area contributed by atoms with Crippen molar-refractivity contribution in [1.29, 1.82) is 0 Å². The highest BCUT2D eigenvalue weighted by Gasteiger charge is 2.21. The van der Waals surface area contributed by atoms with Crippen LogP contribution in [0.3, 0.4) is 0 Å². The molecule has 3 N–H and O–H groups in total. The maximum atomic E-state index is 10.8. The molecule has 5 heteroatoms. The van der Waals surface area contributed by atoms with Gasteiger partial charge in [-0.15, -0.1) is 0 Å². The number of rotatable bonds is 1. The third-order valence-electron chi connectivity index (χ3n) is 1.75. The lowest BCUT2D eigenvalue weighted by molar-refractivity contribution is -0.115. The van der Waals surface area contributed by atoms with Gasteiger partial charge in [-0.05, 0) is 6.07 Å². The minimum atomic E-state index is -1.02. The summed E-state index contributed by atoms with van der Waals surface area (Å²) in [5.41, 5.74) is 0.831. The third-order valence-corrected chi connectivity index (χ3v) is 1.75. The number of nitrogens with one attached hydrogen (secondary N) is 2. The molecule has 0 fully saturated rings. The molecule has 0 aliphatic carbocycles. The standard InChI is InChI=1S/C7H6N2O3/c10-5-2-3-1-4(7(11)12)8-6(3)9-5/h1,8H,2H2,(H,9,10)(H,11,12). The van der Waals surface area contributed by atoms with Crippen LogP contribution in [0.1, 0.15) is 16.1 Å². The van der Waals surface area contributed by atoms with E-state index in [0.717, 1.165) is 5.56 Å². The predicted molar refractivity (Wildman–Crippen MR) is 40.1 cm³/mol. The van der Waals surface area contributed by atoms with E-state index in [9.17, 15) is 9.59 Å². The highest BCUT2D eigenvalue weighted by molar-refractivity contribution is 6.00. The second-order valence-corrected chi connectivity index (χ2v) is 2.61. The minimum Gasteiger partial charge on any atom is -0.477 e. The summed E-state index contributed by atoms with van der Waals surface area (Å²) in [7, 11) is 0. The number of amides is 1. The molecule has 1 aliphatic rings. The summed E-state index contributed by atoms with van der Waals surface area (Å²) < 4.78 is 0. The molecule has 0 unspecified atom stereocenters. The minimum absolute atomic E-state index is 0.104. The first-order valence-corrected chi connectivity index (χ1v) is 3.42. The fraction of sp³-hybridized carbons (Fsp3) is 0.143. The number of carbonyl (C=O) groups excluding carboxylic acids is 1. The average molecular weight is 166 g/mol.